The van der Waals surface area contributed by atoms with Gasteiger partial charge in [-0.1, -0.05) is 45.0 Å². The minimum absolute atomic E-state index is 0.0892. The smallest absolute Gasteiger partial charge is 0.224 e. The van der Waals surface area contributed by atoms with E-state index in [0.29, 0.717) is 24.9 Å². The summed E-state index contributed by atoms with van der Waals surface area (Å²) in [6.07, 6.45) is 1.55. The van der Waals surface area contributed by atoms with Crippen molar-refractivity contribution in [1.29, 1.82) is 0 Å². The number of hydrogen-bond acceptors (Lipinski definition) is 2. The van der Waals surface area contributed by atoms with Crippen LogP contribution in [0.3, 0.4) is 0 Å². The quantitative estimate of drug-likeness (QED) is 0.766. The van der Waals surface area contributed by atoms with Crippen LogP contribution < -0.4 is 10.6 Å². The van der Waals surface area contributed by atoms with Gasteiger partial charge in [-0.15, -0.1) is 0 Å². The van der Waals surface area contributed by atoms with Crippen molar-refractivity contribution in [3.8, 4) is 0 Å². The van der Waals surface area contributed by atoms with Gasteiger partial charge in [0.15, 0.2) is 0 Å². The van der Waals surface area contributed by atoms with Crippen LogP contribution in [0.5, 0.6) is 0 Å². The van der Waals surface area contributed by atoms with E-state index in [2.05, 4.69) is 62.6 Å². The molecular weight excluding hydrogens is 248 g/mol. The standard InChI is InChI=1S/C17H28N2O/c1-5-18-14(4)12-19-17(20)11-16-8-6-15(7-9-16)10-13(2)3/h6-9,13-14,18H,5,10-12H2,1-4H3,(H,19,20)/t14-/m1/s1. The molecule has 1 amide bonds. The fourth-order valence-electron chi connectivity index (χ4n) is 2.20. The van der Waals surface area contributed by atoms with E-state index in [4.69, 9.17) is 0 Å². The summed E-state index contributed by atoms with van der Waals surface area (Å²) in [5.41, 5.74) is 2.41. The lowest BCUT2D eigenvalue weighted by atomic mass is 10.0. The van der Waals surface area contributed by atoms with Gasteiger partial charge < -0.3 is 10.6 Å². The molecule has 1 aromatic carbocycles. The first kappa shape index (κ1) is 16.7. The van der Waals surface area contributed by atoms with Crippen LogP contribution >= 0.6 is 0 Å². The molecule has 0 saturated heterocycles. The number of rotatable bonds is 8. The number of amides is 1. The van der Waals surface area contributed by atoms with E-state index in [-0.39, 0.29) is 5.91 Å². The third-order valence-corrected chi connectivity index (χ3v) is 3.19. The second kappa shape index (κ2) is 8.75. The molecule has 0 aliphatic rings. The second-order valence-electron chi connectivity index (χ2n) is 5.85. The normalized spacial score (nSPS) is 12.4. The molecule has 0 bridgehead atoms. The van der Waals surface area contributed by atoms with E-state index in [1.54, 1.807) is 0 Å². The van der Waals surface area contributed by atoms with E-state index >= 15 is 0 Å². The average molecular weight is 276 g/mol. The Labute approximate surface area is 123 Å². The average Bonchev–Trinajstić information content (AvgIpc) is 2.38. The number of carbonyl (C=O) groups excluding carboxylic acids is 1. The number of hydrogen-bond donors (Lipinski definition) is 2. The summed E-state index contributed by atoms with van der Waals surface area (Å²) >= 11 is 0. The summed E-state index contributed by atoms with van der Waals surface area (Å²) in [7, 11) is 0. The van der Waals surface area contributed by atoms with Crippen molar-refractivity contribution in [2.75, 3.05) is 13.1 Å². The van der Waals surface area contributed by atoms with Gasteiger partial charge in [0.05, 0.1) is 6.42 Å². The van der Waals surface area contributed by atoms with Gasteiger partial charge in [0, 0.05) is 12.6 Å². The summed E-state index contributed by atoms with van der Waals surface area (Å²) in [6.45, 7) is 10.2. The lowest BCUT2D eigenvalue weighted by molar-refractivity contribution is -0.120. The molecule has 0 spiro atoms. The van der Waals surface area contributed by atoms with Gasteiger partial charge in [0.1, 0.15) is 0 Å². The molecule has 0 aliphatic heterocycles. The number of carbonyl (C=O) groups is 1. The van der Waals surface area contributed by atoms with Crippen molar-refractivity contribution in [1.82, 2.24) is 10.6 Å². The first-order chi connectivity index (χ1) is 9.51. The number of likely N-dealkylation sites (N-methyl/N-ethyl adjacent to an activating group) is 1. The SMILES string of the molecule is CCN[C@H](C)CNC(=O)Cc1ccc(CC(C)C)cc1. The summed E-state index contributed by atoms with van der Waals surface area (Å²) in [5, 5.41) is 6.24. The molecule has 0 unspecified atom stereocenters. The van der Waals surface area contributed by atoms with Crippen LogP contribution in [-0.4, -0.2) is 25.0 Å². The van der Waals surface area contributed by atoms with Gasteiger partial charge in [-0.3, -0.25) is 4.79 Å². The minimum Gasteiger partial charge on any atom is -0.354 e. The highest BCUT2D eigenvalue weighted by atomic mass is 16.1. The molecule has 0 aliphatic carbocycles. The van der Waals surface area contributed by atoms with E-state index in [1.807, 2.05) is 0 Å². The summed E-state index contributed by atoms with van der Waals surface area (Å²) in [5.74, 6) is 0.753. The van der Waals surface area contributed by atoms with Crippen molar-refractivity contribution in [2.45, 2.75) is 46.6 Å². The molecule has 0 aromatic heterocycles. The van der Waals surface area contributed by atoms with Crippen LogP contribution in [-0.2, 0) is 17.6 Å². The maximum absolute atomic E-state index is 11.8. The van der Waals surface area contributed by atoms with E-state index < -0.39 is 0 Å². The number of benzene rings is 1. The molecule has 3 nitrogen and oxygen atoms in total. The van der Waals surface area contributed by atoms with E-state index in [1.165, 1.54) is 5.56 Å². The highest BCUT2D eigenvalue weighted by Gasteiger charge is 2.06. The highest BCUT2D eigenvalue weighted by Crippen LogP contribution is 2.10. The third-order valence-electron chi connectivity index (χ3n) is 3.19. The Balaban J connectivity index is 2.38. The molecule has 0 fully saturated rings. The van der Waals surface area contributed by atoms with Gasteiger partial charge in [-0.25, -0.2) is 0 Å². The zero-order chi connectivity index (χ0) is 15.0. The molecule has 1 rings (SSSR count). The van der Waals surface area contributed by atoms with Crippen LogP contribution in [0.25, 0.3) is 0 Å². The lowest BCUT2D eigenvalue weighted by Gasteiger charge is -2.13. The molecule has 3 heteroatoms. The van der Waals surface area contributed by atoms with Crippen LogP contribution in [0.4, 0.5) is 0 Å². The zero-order valence-corrected chi connectivity index (χ0v) is 13.2. The van der Waals surface area contributed by atoms with E-state index in [9.17, 15) is 4.79 Å². The summed E-state index contributed by atoms with van der Waals surface area (Å²) in [4.78, 5) is 11.8. The fraction of sp³-hybridized carbons (Fsp3) is 0.588. The molecule has 112 valence electrons. The number of nitrogens with one attached hydrogen (secondary N) is 2. The fourth-order valence-corrected chi connectivity index (χ4v) is 2.20. The largest absolute Gasteiger partial charge is 0.354 e. The summed E-state index contributed by atoms with van der Waals surface area (Å²) < 4.78 is 0. The minimum atomic E-state index is 0.0892. The molecule has 2 N–H and O–H groups in total. The van der Waals surface area contributed by atoms with Crippen molar-refractivity contribution in [3.63, 3.8) is 0 Å². The van der Waals surface area contributed by atoms with Crippen molar-refractivity contribution in [2.24, 2.45) is 5.92 Å². The summed E-state index contributed by atoms with van der Waals surface area (Å²) in [6, 6.07) is 8.70. The highest BCUT2D eigenvalue weighted by molar-refractivity contribution is 5.78. The molecule has 1 aromatic rings. The Morgan fingerprint density at radius 1 is 1.10 bits per heavy atom. The van der Waals surface area contributed by atoms with E-state index in [0.717, 1.165) is 18.5 Å². The van der Waals surface area contributed by atoms with Gasteiger partial charge in [0.25, 0.3) is 0 Å². The van der Waals surface area contributed by atoms with Gasteiger partial charge in [-0.05, 0) is 36.9 Å². The second-order valence-corrected chi connectivity index (χ2v) is 5.85. The Bertz CT molecular complexity index is 398. The molecule has 0 radical (unpaired) electrons. The Hall–Kier alpha value is -1.35. The molecule has 0 heterocycles. The predicted molar refractivity (Wildman–Crippen MR) is 84.8 cm³/mol. The van der Waals surface area contributed by atoms with Gasteiger partial charge in [0.2, 0.25) is 5.91 Å². The topological polar surface area (TPSA) is 41.1 Å². The molecule has 0 saturated carbocycles. The van der Waals surface area contributed by atoms with Crippen LogP contribution in [0.2, 0.25) is 0 Å². The first-order valence-corrected chi connectivity index (χ1v) is 7.59. The van der Waals surface area contributed by atoms with Gasteiger partial charge in [-0.2, -0.15) is 0 Å². The van der Waals surface area contributed by atoms with Crippen molar-refractivity contribution < 1.29 is 4.79 Å². The molecule has 1 atom stereocenters. The van der Waals surface area contributed by atoms with Crippen molar-refractivity contribution >= 4 is 5.91 Å². The Kier molecular flexibility index (Phi) is 7.31. The predicted octanol–water partition coefficient (Wildman–Crippen LogP) is 2.54. The Morgan fingerprint density at radius 2 is 1.70 bits per heavy atom. The van der Waals surface area contributed by atoms with Gasteiger partial charge >= 0.3 is 0 Å². The first-order valence-electron chi connectivity index (χ1n) is 7.59. The van der Waals surface area contributed by atoms with Crippen LogP contribution in [0.15, 0.2) is 24.3 Å². The van der Waals surface area contributed by atoms with Crippen LogP contribution in [0.1, 0.15) is 38.8 Å². The Morgan fingerprint density at radius 3 is 2.25 bits per heavy atom. The maximum atomic E-state index is 11.8. The zero-order valence-electron chi connectivity index (χ0n) is 13.2. The third kappa shape index (κ3) is 6.71. The van der Waals surface area contributed by atoms with Crippen molar-refractivity contribution in [3.05, 3.63) is 35.4 Å². The van der Waals surface area contributed by atoms with Crippen LogP contribution in [0, 0.1) is 5.92 Å². The molecule has 20 heavy (non-hydrogen) atoms. The monoisotopic (exact) mass is 276 g/mol. The lowest BCUT2D eigenvalue weighted by Crippen LogP contribution is -2.39. The maximum Gasteiger partial charge on any atom is 0.224 e. The molecular formula is C17H28N2O.